The van der Waals surface area contributed by atoms with Crippen molar-refractivity contribution in [3.63, 3.8) is 0 Å². The minimum Gasteiger partial charge on any atom is -0.507 e. The Hall–Kier alpha value is -2.85. The zero-order chi connectivity index (χ0) is 17.1. The van der Waals surface area contributed by atoms with E-state index in [1.165, 1.54) is 0 Å². The van der Waals surface area contributed by atoms with Crippen molar-refractivity contribution in [3.8, 4) is 5.75 Å². The summed E-state index contributed by atoms with van der Waals surface area (Å²) in [4.78, 5) is 14.7. The summed E-state index contributed by atoms with van der Waals surface area (Å²) in [5, 5.41) is 14.9. The highest BCUT2D eigenvalue weighted by atomic mass is 16.3. The van der Waals surface area contributed by atoms with Crippen LogP contribution in [0, 0.1) is 0 Å². The summed E-state index contributed by atoms with van der Waals surface area (Å²) in [5.74, 6) is -0.333. The zero-order valence-electron chi connectivity index (χ0n) is 13.8. The number of phenolic OH excluding ortho intramolecular Hbond substituents is 1. The smallest absolute Gasteiger partial charge is 0.259 e. The maximum absolute atomic E-state index is 12.6. The van der Waals surface area contributed by atoms with Crippen LogP contribution in [0.3, 0.4) is 0 Å². The maximum atomic E-state index is 12.6. The molecule has 0 saturated carbocycles. The van der Waals surface area contributed by atoms with Crippen molar-refractivity contribution in [2.45, 2.75) is 6.54 Å². The van der Waals surface area contributed by atoms with Crippen LogP contribution in [0.5, 0.6) is 5.75 Å². The van der Waals surface area contributed by atoms with Gasteiger partial charge in [-0.15, -0.1) is 0 Å². The van der Waals surface area contributed by atoms with Gasteiger partial charge in [0.25, 0.3) is 5.91 Å². The number of aromatic hydroxyl groups is 1. The van der Waals surface area contributed by atoms with E-state index in [1.807, 2.05) is 67.5 Å². The van der Waals surface area contributed by atoms with Crippen molar-refractivity contribution < 1.29 is 9.90 Å². The van der Waals surface area contributed by atoms with E-state index in [4.69, 9.17) is 0 Å². The topological polar surface area (TPSA) is 52.6 Å². The summed E-state index contributed by atoms with van der Waals surface area (Å²) in [7, 11) is 3.96. The molecule has 3 aromatic rings. The molecule has 3 rings (SSSR count). The number of rotatable bonds is 4. The number of carbonyl (C=O) groups is 1. The Morgan fingerprint density at radius 1 is 1.00 bits per heavy atom. The second-order valence-corrected chi connectivity index (χ2v) is 6.07. The molecule has 1 amide bonds. The second-order valence-electron chi connectivity index (χ2n) is 6.07. The first-order chi connectivity index (χ1) is 11.5. The molecule has 0 spiro atoms. The average molecular weight is 320 g/mol. The van der Waals surface area contributed by atoms with Crippen molar-refractivity contribution in [2.75, 3.05) is 19.4 Å². The van der Waals surface area contributed by atoms with E-state index in [-0.39, 0.29) is 17.2 Å². The first-order valence-corrected chi connectivity index (χ1v) is 7.80. The number of carbonyl (C=O) groups excluding carboxylic acids is 1. The molecule has 3 aromatic carbocycles. The van der Waals surface area contributed by atoms with E-state index in [1.54, 1.807) is 12.1 Å². The van der Waals surface area contributed by atoms with Crippen molar-refractivity contribution in [1.82, 2.24) is 4.90 Å². The highest BCUT2D eigenvalue weighted by Gasteiger charge is 2.14. The summed E-state index contributed by atoms with van der Waals surface area (Å²) in [6.07, 6.45) is 0. The van der Waals surface area contributed by atoms with Gasteiger partial charge in [-0.3, -0.25) is 4.79 Å². The third kappa shape index (κ3) is 3.39. The molecule has 2 N–H and O–H groups in total. The van der Waals surface area contributed by atoms with Crippen LogP contribution in [-0.4, -0.2) is 30.0 Å². The number of amides is 1. The normalized spacial score (nSPS) is 11.0. The number of hydrogen-bond donors (Lipinski definition) is 2. The van der Waals surface area contributed by atoms with E-state index in [9.17, 15) is 9.90 Å². The van der Waals surface area contributed by atoms with Gasteiger partial charge in [-0.1, -0.05) is 42.5 Å². The van der Waals surface area contributed by atoms with Gasteiger partial charge in [0.05, 0.1) is 5.56 Å². The number of fused-ring (bicyclic) bond motifs is 1. The van der Waals surface area contributed by atoms with Gasteiger partial charge in [0.1, 0.15) is 5.75 Å². The molecule has 0 aromatic heterocycles. The molecular weight excluding hydrogens is 300 g/mol. The fraction of sp³-hybridized carbons (Fsp3) is 0.150. The predicted octanol–water partition coefficient (Wildman–Crippen LogP) is 3.86. The quantitative estimate of drug-likeness (QED) is 0.767. The van der Waals surface area contributed by atoms with E-state index in [0.29, 0.717) is 0 Å². The lowest BCUT2D eigenvalue weighted by Gasteiger charge is -2.15. The molecule has 4 heteroatoms. The van der Waals surface area contributed by atoms with Crippen LogP contribution < -0.4 is 5.32 Å². The number of nitrogens with zero attached hydrogens (tertiary/aromatic N) is 1. The maximum Gasteiger partial charge on any atom is 0.259 e. The number of nitrogens with one attached hydrogen (secondary N) is 1. The summed E-state index contributed by atoms with van der Waals surface area (Å²) in [6, 6.07) is 18.7. The van der Waals surface area contributed by atoms with Crippen molar-refractivity contribution in [1.29, 1.82) is 0 Å². The fourth-order valence-electron chi connectivity index (χ4n) is 2.72. The van der Waals surface area contributed by atoms with Crippen molar-refractivity contribution in [2.24, 2.45) is 0 Å². The number of phenols is 1. The number of hydrogen-bond acceptors (Lipinski definition) is 3. The lowest BCUT2D eigenvalue weighted by Crippen LogP contribution is -2.16. The van der Waals surface area contributed by atoms with E-state index >= 15 is 0 Å². The van der Waals surface area contributed by atoms with Crippen LogP contribution in [0.2, 0.25) is 0 Å². The van der Waals surface area contributed by atoms with Gasteiger partial charge in [-0.2, -0.15) is 0 Å². The minimum atomic E-state index is -0.315. The van der Waals surface area contributed by atoms with Gasteiger partial charge in [0.2, 0.25) is 0 Å². The number of benzene rings is 3. The first kappa shape index (κ1) is 16.0. The van der Waals surface area contributed by atoms with Crippen LogP contribution in [0.4, 0.5) is 5.69 Å². The van der Waals surface area contributed by atoms with Crippen LogP contribution in [-0.2, 0) is 6.54 Å². The molecule has 0 bridgehead atoms. The average Bonchev–Trinajstić information content (AvgIpc) is 2.55. The molecule has 0 fully saturated rings. The third-order valence-corrected chi connectivity index (χ3v) is 3.86. The SMILES string of the molecule is CN(C)Cc1ccccc1NC(=O)c1cc2ccccc2cc1O. The van der Waals surface area contributed by atoms with Crippen LogP contribution in [0.15, 0.2) is 60.7 Å². The highest BCUT2D eigenvalue weighted by molar-refractivity contribution is 6.08. The first-order valence-electron chi connectivity index (χ1n) is 7.80. The zero-order valence-corrected chi connectivity index (χ0v) is 13.8. The molecule has 24 heavy (non-hydrogen) atoms. The molecule has 0 radical (unpaired) electrons. The van der Waals surface area contributed by atoms with Crippen LogP contribution >= 0.6 is 0 Å². The molecule has 0 aliphatic rings. The molecule has 0 aliphatic heterocycles. The lowest BCUT2D eigenvalue weighted by atomic mass is 10.0. The summed E-state index contributed by atoms with van der Waals surface area (Å²) in [6.45, 7) is 0.722. The summed E-state index contributed by atoms with van der Waals surface area (Å²) in [5.41, 5.74) is 2.05. The molecular formula is C20H20N2O2. The highest BCUT2D eigenvalue weighted by Crippen LogP contribution is 2.26. The molecule has 4 nitrogen and oxygen atoms in total. The Labute approximate surface area is 141 Å². The van der Waals surface area contributed by atoms with Gasteiger partial charge in [0.15, 0.2) is 0 Å². The van der Waals surface area contributed by atoms with Crippen molar-refractivity contribution >= 4 is 22.4 Å². The molecule has 0 unspecified atom stereocenters. The van der Waals surface area contributed by atoms with Crippen molar-refractivity contribution in [3.05, 3.63) is 71.8 Å². The molecule has 0 heterocycles. The third-order valence-electron chi connectivity index (χ3n) is 3.86. The monoisotopic (exact) mass is 320 g/mol. The van der Waals surface area contributed by atoms with E-state index in [0.717, 1.165) is 28.6 Å². The molecule has 0 saturated heterocycles. The molecule has 0 atom stereocenters. The minimum absolute atomic E-state index is 0.0173. The number of anilines is 1. The van der Waals surface area contributed by atoms with Gasteiger partial charge >= 0.3 is 0 Å². The summed E-state index contributed by atoms with van der Waals surface area (Å²) >= 11 is 0. The van der Waals surface area contributed by atoms with Gasteiger partial charge in [0, 0.05) is 12.2 Å². The molecule has 0 aliphatic carbocycles. The standard InChI is InChI=1S/C20H20N2O2/c1-22(2)13-16-9-5-6-10-18(16)21-20(24)17-11-14-7-3-4-8-15(14)12-19(17)23/h3-12,23H,13H2,1-2H3,(H,21,24). The van der Waals surface area contributed by atoms with Crippen LogP contribution in [0.1, 0.15) is 15.9 Å². The van der Waals surface area contributed by atoms with Gasteiger partial charge in [-0.05, 0) is 48.6 Å². The Morgan fingerprint density at radius 3 is 2.33 bits per heavy atom. The Balaban J connectivity index is 1.92. The van der Waals surface area contributed by atoms with Gasteiger partial charge in [-0.25, -0.2) is 0 Å². The Kier molecular flexibility index (Phi) is 4.49. The second kappa shape index (κ2) is 6.72. The Bertz CT molecular complexity index is 888. The van der Waals surface area contributed by atoms with Crippen LogP contribution in [0.25, 0.3) is 10.8 Å². The fourth-order valence-corrected chi connectivity index (χ4v) is 2.72. The number of para-hydroxylation sites is 1. The largest absolute Gasteiger partial charge is 0.507 e. The lowest BCUT2D eigenvalue weighted by molar-refractivity contribution is 0.102. The van der Waals surface area contributed by atoms with E-state index < -0.39 is 0 Å². The molecule has 122 valence electrons. The summed E-state index contributed by atoms with van der Waals surface area (Å²) < 4.78 is 0. The predicted molar refractivity (Wildman–Crippen MR) is 97.4 cm³/mol. The van der Waals surface area contributed by atoms with Gasteiger partial charge < -0.3 is 15.3 Å². The van der Waals surface area contributed by atoms with E-state index in [2.05, 4.69) is 5.32 Å². The Morgan fingerprint density at radius 2 is 1.62 bits per heavy atom.